The molecule has 1 aromatic carbocycles. The van der Waals surface area contributed by atoms with Crippen LogP contribution in [0.2, 0.25) is 0 Å². The molecular weight excluding hydrogens is 272 g/mol. The van der Waals surface area contributed by atoms with Gasteiger partial charge in [0.25, 0.3) is 0 Å². The van der Waals surface area contributed by atoms with Gasteiger partial charge in [-0.3, -0.25) is 0 Å². The molecule has 0 aliphatic carbocycles. The van der Waals surface area contributed by atoms with E-state index >= 15 is 0 Å². The number of ether oxygens (including phenoxy) is 1. The third kappa shape index (κ3) is 4.30. The molecule has 2 N–H and O–H groups in total. The molecule has 108 valence electrons. The lowest BCUT2D eigenvalue weighted by molar-refractivity contribution is 0.191. The number of thiazole rings is 1. The van der Waals surface area contributed by atoms with Crippen molar-refractivity contribution >= 4 is 11.3 Å². The van der Waals surface area contributed by atoms with Crippen LogP contribution in [0.25, 0.3) is 11.3 Å². The smallest absolute Gasteiger partial charge is 0.118 e. The summed E-state index contributed by atoms with van der Waals surface area (Å²) in [5.41, 5.74) is 2.11. The van der Waals surface area contributed by atoms with Crippen LogP contribution in [0.4, 0.5) is 0 Å². The van der Waals surface area contributed by atoms with E-state index in [2.05, 4.69) is 15.7 Å². The van der Waals surface area contributed by atoms with Crippen LogP contribution in [0.15, 0.2) is 29.6 Å². The Balaban J connectivity index is 1.90. The van der Waals surface area contributed by atoms with E-state index in [0.29, 0.717) is 6.54 Å². The Bertz CT molecular complexity index is 523. The van der Waals surface area contributed by atoms with Crippen LogP contribution in [0.1, 0.15) is 11.9 Å². The van der Waals surface area contributed by atoms with Gasteiger partial charge in [0.05, 0.1) is 23.9 Å². The van der Waals surface area contributed by atoms with E-state index in [1.165, 1.54) is 0 Å². The third-order valence-corrected chi connectivity index (χ3v) is 3.80. The Morgan fingerprint density at radius 3 is 2.75 bits per heavy atom. The Kier molecular flexibility index (Phi) is 5.52. The highest BCUT2D eigenvalue weighted by Crippen LogP contribution is 2.24. The second-order valence-electron chi connectivity index (χ2n) is 4.66. The molecule has 1 aromatic heterocycles. The fraction of sp³-hybridized carbons (Fsp3) is 0.400. The first-order valence-electron chi connectivity index (χ1n) is 6.66. The highest BCUT2D eigenvalue weighted by atomic mass is 32.1. The molecule has 2 rings (SSSR count). The number of aromatic nitrogens is 1. The molecule has 0 aliphatic heterocycles. The molecule has 0 fully saturated rings. The van der Waals surface area contributed by atoms with Gasteiger partial charge in [-0.2, -0.15) is 0 Å². The average Bonchev–Trinajstić information content (AvgIpc) is 2.92. The number of nitrogens with zero attached hydrogens (tertiary/aromatic N) is 1. The number of methoxy groups -OCH3 is 1. The molecule has 1 heterocycles. The van der Waals surface area contributed by atoms with Gasteiger partial charge in [0, 0.05) is 30.5 Å². The molecule has 1 unspecified atom stereocenters. The maximum atomic E-state index is 9.16. The van der Waals surface area contributed by atoms with Crippen LogP contribution in [0, 0.1) is 0 Å². The predicted molar refractivity (Wildman–Crippen MR) is 82.4 cm³/mol. The number of hydrogen-bond acceptors (Lipinski definition) is 5. The number of aliphatic hydroxyl groups is 1. The Morgan fingerprint density at radius 1 is 1.35 bits per heavy atom. The zero-order valence-electron chi connectivity index (χ0n) is 11.8. The van der Waals surface area contributed by atoms with Crippen molar-refractivity contribution in [3.63, 3.8) is 0 Å². The first-order chi connectivity index (χ1) is 9.69. The van der Waals surface area contributed by atoms with Crippen LogP contribution in [0.3, 0.4) is 0 Å². The summed E-state index contributed by atoms with van der Waals surface area (Å²) in [5, 5.41) is 15.5. The highest BCUT2D eigenvalue weighted by molar-refractivity contribution is 7.09. The summed E-state index contributed by atoms with van der Waals surface area (Å²) >= 11 is 1.67. The maximum absolute atomic E-state index is 9.16. The molecule has 4 nitrogen and oxygen atoms in total. The quantitative estimate of drug-likeness (QED) is 0.769. The molecule has 2 aromatic rings. The van der Waals surface area contributed by atoms with Gasteiger partial charge in [-0.05, 0) is 31.2 Å². The van der Waals surface area contributed by atoms with Crippen LogP contribution in [-0.4, -0.2) is 36.4 Å². The van der Waals surface area contributed by atoms with Crippen LogP contribution in [-0.2, 0) is 6.42 Å². The summed E-state index contributed by atoms with van der Waals surface area (Å²) in [7, 11) is 1.66. The topological polar surface area (TPSA) is 54.4 Å². The molecule has 0 radical (unpaired) electrons. The molecule has 1 atom stereocenters. The van der Waals surface area contributed by atoms with E-state index < -0.39 is 0 Å². The fourth-order valence-corrected chi connectivity index (χ4v) is 2.63. The molecule has 0 saturated carbocycles. The van der Waals surface area contributed by atoms with Gasteiger partial charge in [-0.25, -0.2) is 4.98 Å². The largest absolute Gasteiger partial charge is 0.497 e. The van der Waals surface area contributed by atoms with Gasteiger partial charge in [0.15, 0.2) is 0 Å². The lowest BCUT2D eigenvalue weighted by atomic mass is 10.2. The summed E-state index contributed by atoms with van der Waals surface area (Å²) in [6, 6.07) is 7.92. The molecule has 0 amide bonds. The highest BCUT2D eigenvalue weighted by Gasteiger charge is 2.05. The minimum absolute atomic E-state index is 0.304. The van der Waals surface area contributed by atoms with Crippen molar-refractivity contribution in [3.05, 3.63) is 34.7 Å². The monoisotopic (exact) mass is 292 g/mol. The lowest BCUT2D eigenvalue weighted by Crippen LogP contribution is -2.26. The maximum Gasteiger partial charge on any atom is 0.118 e. The standard InChI is InChI=1S/C15H20N2O2S/c1-11(18)9-16-8-7-15-17-14(10-20-15)12-3-5-13(19-2)6-4-12/h3-6,10-11,16,18H,7-9H2,1-2H3. The SMILES string of the molecule is COc1ccc(-c2csc(CCNCC(C)O)n2)cc1. The number of nitrogens with one attached hydrogen (secondary N) is 1. The van der Waals surface area contributed by atoms with Crippen molar-refractivity contribution in [3.8, 4) is 17.0 Å². The van der Waals surface area contributed by atoms with Crippen molar-refractivity contribution in [1.82, 2.24) is 10.3 Å². The predicted octanol–water partition coefficient (Wildman–Crippen LogP) is 2.33. The molecular formula is C15H20N2O2S. The van der Waals surface area contributed by atoms with Crippen LogP contribution < -0.4 is 10.1 Å². The van der Waals surface area contributed by atoms with Crippen LogP contribution >= 0.6 is 11.3 Å². The molecule has 0 saturated heterocycles. The van der Waals surface area contributed by atoms with Gasteiger partial charge in [0.2, 0.25) is 0 Å². The minimum atomic E-state index is -0.304. The second-order valence-corrected chi connectivity index (χ2v) is 5.60. The van der Waals surface area contributed by atoms with Gasteiger partial charge in [-0.1, -0.05) is 0 Å². The molecule has 0 bridgehead atoms. The summed E-state index contributed by atoms with van der Waals surface area (Å²) in [6.07, 6.45) is 0.578. The van der Waals surface area contributed by atoms with E-state index in [1.807, 2.05) is 24.3 Å². The average molecular weight is 292 g/mol. The fourth-order valence-electron chi connectivity index (χ4n) is 1.83. The molecule has 20 heavy (non-hydrogen) atoms. The van der Waals surface area contributed by atoms with E-state index in [0.717, 1.165) is 35.0 Å². The lowest BCUT2D eigenvalue weighted by Gasteiger charge is -2.04. The first-order valence-corrected chi connectivity index (χ1v) is 7.54. The Hall–Kier alpha value is -1.43. The Morgan fingerprint density at radius 2 is 2.10 bits per heavy atom. The first kappa shape index (κ1) is 15.0. The van der Waals surface area contributed by atoms with Gasteiger partial charge in [0.1, 0.15) is 5.75 Å². The zero-order chi connectivity index (χ0) is 14.4. The molecule has 0 aliphatic rings. The number of aliphatic hydroxyl groups excluding tert-OH is 1. The van der Waals surface area contributed by atoms with Crippen molar-refractivity contribution in [2.45, 2.75) is 19.4 Å². The van der Waals surface area contributed by atoms with Crippen molar-refractivity contribution in [2.75, 3.05) is 20.2 Å². The van der Waals surface area contributed by atoms with E-state index in [-0.39, 0.29) is 6.10 Å². The van der Waals surface area contributed by atoms with Crippen molar-refractivity contribution in [2.24, 2.45) is 0 Å². The summed E-state index contributed by atoms with van der Waals surface area (Å²) in [6.45, 7) is 3.23. The number of hydrogen-bond donors (Lipinski definition) is 2. The Labute approximate surface area is 123 Å². The summed E-state index contributed by atoms with van der Waals surface area (Å²) < 4.78 is 5.15. The van der Waals surface area contributed by atoms with E-state index in [1.54, 1.807) is 25.4 Å². The number of benzene rings is 1. The van der Waals surface area contributed by atoms with Gasteiger partial charge < -0.3 is 15.2 Å². The normalized spacial score (nSPS) is 12.3. The van der Waals surface area contributed by atoms with Gasteiger partial charge >= 0.3 is 0 Å². The van der Waals surface area contributed by atoms with Crippen LogP contribution in [0.5, 0.6) is 5.75 Å². The second kappa shape index (κ2) is 7.38. The molecule has 0 spiro atoms. The zero-order valence-corrected chi connectivity index (χ0v) is 12.6. The number of rotatable bonds is 7. The van der Waals surface area contributed by atoms with Crippen molar-refractivity contribution in [1.29, 1.82) is 0 Å². The van der Waals surface area contributed by atoms with E-state index in [4.69, 9.17) is 9.84 Å². The minimum Gasteiger partial charge on any atom is -0.497 e. The summed E-state index contributed by atoms with van der Waals surface area (Å²) in [4.78, 5) is 4.63. The summed E-state index contributed by atoms with van der Waals surface area (Å²) in [5.74, 6) is 0.853. The van der Waals surface area contributed by atoms with E-state index in [9.17, 15) is 0 Å². The third-order valence-electron chi connectivity index (χ3n) is 2.89. The van der Waals surface area contributed by atoms with Crippen molar-refractivity contribution < 1.29 is 9.84 Å². The van der Waals surface area contributed by atoms with Gasteiger partial charge in [-0.15, -0.1) is 11.3 Å². The molecule has 5 heteroatoms.